The summed E-state index contributed by atoms with van der Waals surface area (Å²) in [5.74, 6) is 0.942. The van der Waals surface area contributed by atoms with Crippen LogP contribution in [0.1, 0.15) is 6.42 Å². The van der Waals surface area contributed by atoms with E-state index in [0.717, 1.165) is 10.2 Å². The number of alkyl halides is 1. The average molecular weight is 322 g/mol. The highest BCUT2D eigenvalue weighted by Crippen LogP contribution is 2.16. The minimum Gasteiger partial charge on any atom is -0.493 e. The second-order valence-electron chi connectivity index (χ2n) is 2.72. The highest BCUT2D eigenvalue weighted by Gasteiger charge is 1.99. The van der Waals surface area contributed by atoms with E-state index in [1.165, 1.54) is 0 Å². The van der Waals surface area contributed by atoms with Crippen molar-refractivity contribution in [3.8, 4) is 5.75 Å². The third-order valence-electron chi connectivity index (χ3n) is 1.61. The molecule has 0 atom stereocenters. The van der Waals surface area contributed by atoms with Gasteiger partial charge in [-0.05, 0) is 24.3 Å². The monoisotopic (exact) mass is 320 g/mol. The SMILES string of the molecule is O=C(CBr)CCOc1ccc(Br)cc1. The lowest BCUT2D eigenvalue weighted by molar-refractivity contribution is -0.116. The van der Waals surface area contributed by atoms with E-state index in [-0.39, 0.29) is 5.78 Å². The van der Waals surface area contributed by atoms with Crippen molar-refractivity contribution >= 4 is 37.6 Å². The smallest absolute Gasteiger partial charge is 0.146 e. The second kappa shape index (κ2) is 6.19. The van der Waals surface area contributed by atoms with Gasteiger partial charge < -0.3 is 4.74 Å². The first-order valence-corrected chi connectivity index (χ1v) is 6.10. The Kier molecular flexibility index (Phi) is 5.19. The van der Waals surface area contributed by atoms with Gasteiger partial charge in [-0.3, -0.25) is 4.79 Å². The van der Waals surface area contributed by atoms with E-state index >= 15 is 0 Å². The van der Waals surface area contributed by atoms with E-state index in [2.05, 4.69) is 31.9 Å². The van der Waals surface area contributed by atoms with Crippen molar-refractivity contribution in [3.05, 3.63) is 28.7 Å². The van der Waals surface area contributed by atoms with Crippen LogP contribution in [-0.2, 0) is 4.79 Å². The molecule has 0 fully saturated rings. The van der Waals surface area contributed by atoms with Gasteiger partial charge in [-0.25, -0.2) is 0 Å². The summed E-state index contributed by atoms with van der Waals surface area (Å²) >= 11 is 6.43. The first kappa shape index (κ1) is 11.7. The summed E-state index contributed by atoms with van der Waals surface area (Å²) in [5, 5.41) is 0.400. The summed E-state index contributed by atoms with van der Waals surface area (Å²) in [6.45, 7) is 0.437. The average Bonchev–Trinajstić information content (AvgIpc) is 2.21. The maximum absolute atomic E-state index is 10.9. The zero-order valence-corrected chi connectivity index (χ0v) is 10.7. The van der Waals surface area contributed by atoms with Crippen molar-refractivity contribution in [1.82, 2.24) is 0 Å². The van der Waals surface area contributed by atoms with Crippen LogP contribution in [0.25, 0.3) is 0 Å². The molecule has 0 aliphatic rings. The Hall–Kier alpha value is -0.350. The van der Waals surface area contributed by atoms with Gasteiger partial charge in [0.2, 0.25) is 0 Å². The minimum absolute atomic E-state index is 0.155. The predicted molar refractivity (Wildman–Crippen MR) is 63.1 cm³/mol. The van der Waals surface area contributed by atoms with Crippen LogP contribution in [-0.4, -0.2) is 17.7 Å². The third-order valence-corrected chi connectivity index (χ3v) is 2.77. The number of ether oxygens (including phenoxy) is 1. The van der Waals surface area contributed by atoms with Crippen molar-refractivity contribution in [3.63, 3.8) is 0 Å². The Morgan fingerprint density at radius 1 is 1.29 bits per heavy atom. The molecular formula is C10H10Br2O2. The number of carbonyl (C=O) groups is 1. The fraction of sp³-hybridized carbons (Fsp3) is 0.300. The van der Waals surface area contributed by atoms with Crippen molar-refractivity contribution in [2.75, 3.05) is 11.9 Å². The van der Waals surface area contributed by atoms with Gasteiger partial charge in [0.1, 0.15) is 11.5 Å². The molecule has 0 aromatic heterocycles. The van der Waals surface area contributed by atoms with E-state index < -0.39 is 0 Å². The Balaban J connectivity index is 2.31. The molecule has 0 aliphatic carbocycles. The van der Waals surface area contributed by atoms with Crippen LogP contribution in [0.15, 0.2) is 28.7 Å². The largest absolute Gasteiger partial charge is 0.493 e. The molecule has 0 saturated carbocycles. The van der Waals surface area contributed by atoms with Crippen LogP contribution in [0.4, 0.5) is 0 Å². The number of carbonyl (C=O) groups excluding carboxylic acids is 1. The van der Waals surface area contributed by atoms with Crippen LogP contribution >= 0.6 is 31.9 Å². The molecule has 1 aromatic rings. The summed E-state index contributed by atoms with van der Waals surface area (Å²) < 4.78 is 6.39. The first-order chi connectivity index (χ1) is 6.72. The molecule has 1 aromatic carbocycles. The fourth-order valence-corrected chi connectivity index (χ4v) is 1.43. The number of Topliss-reactive ketones (excluding diaryl/α,β-unsaturated/α-hetero) is 1. The lowest BCUT2D eigenvalue weighted by Crippen LogP contribution is -2.06. The topological polar surface area (TPSA) is 26.3 Å². The van der Waals surface area contributed by atoms with Crippen molar-refractivity contribution in [2.24, 2.45) is 0 Å². The van der Waals surface area contributed by atoms with Gasteiger partial charge in [0.25, 0.3) is 0 Å². The van der Waals surface area contributed by atoms with Crippen LogP contribution in [0, 0.1) is 0 Å². The molecule has 0 bridgehead atoms. The Bertz CT molecular complexity index is 295. The number of benzene rings is 1. The van der Waals surface area contributed by atoms with Crippen LogP contribution < -0.4 is 4.74 Å². The van der Waals surface area contributed by atoms with Gasteiger partial charge in [-0.2, -0.15) is 0 Å². The van der Waals surface area contributed by atoms with Crippen LogP contribution in [0.3, 0.4) is 0 Å². The van der Waals surface area contributed by atoms with Crippen molar-refractivity contribution in [2.45, 2.75) is 6.42 Å². The number of ketones is 1. The highest BCUT2D eigenvalue weighted by atomic mass is 79.9. The maximum atomic E-state index is 10.9. The lowest BCUT2D eigenvalue weighted by atomic mass is 10.3. The first-order valence-electron chi connectivity index (χ1n) is 4.18. The summed E-state index contributed by atoms with van der Waals surface area (Å²) in [5.41, 5.74) is 0. The van der Waals surface area contributed by atoms with Gasteiger partial charge in [0.15, 0.2) is 0 Å². The van der Waals surface area contributed by atoms with Gasteiger partial charge in [-0.1, -0.05) is 31.9 Å². The van der Waals surface area contributed by atoms with Gasteiger partial charge in [-0.15, -0.1) is 0 Å². The Labute approximate surface area is 99.9 Å². The van der Waals surface area contributed by atoms with Gasteiger partial charge in [0, 0.05) is 10.9 Å². The molecule has 1 rings (SSSR count). The lowest BCUT2D eigenvalue weighted by Gasteiger charge is -2.04. The fourth-order valence-electron chi connectivity index (χ4n) is 0.880. The molecule has 0 aliphatic heterocycles. The molecule has 14 heavy (non-hydrogen) atoms. The zero-order valence-electron chi connectivity index (χ0n) is 7.50. The normalized spacial score (nSPS) is 9.86. The van der Waals surface area contributed by atoms with Crippen LogP contribution in [0.2, 0.25) is 0 Å². The quantitative estimate of drug-likeness (QED) is 0.779. The predicted octanol–water partition coefficient (Wildman–Crippen LogP) is 3.18. The molecule has 4 heteroatoms. The second-order valence-corrected chi connectivity index (χ2v) is 4.20. The van der Waals surface area contributed by atoms with E-state index in [9.17, 15) is 4.79 Å². The molecule has 0 radical (unpaired) electrons. The maximum Gasteiger partial charge on any atom is 0.146 e. The van der Waals surface area contributed by atoms with E-state index in [1.807, 2.05) is 24.3 Å². The molecule has 0 unspecified atom stereocenters. The summed E-state index contributed by atoms with van der Waals surface area (Å²) in [4.78, 5) is 10.9. The van der Waals surface area contributed by atoms with Crippen molar-refractivity contribution in [1.29, 1.82) is 0 Å². The summed E-state index contributed by atoms with van der Waals surface area (Å²) in [7, 11) is 0. The number of hydrogen-bond acceptors (Lipinski definition) is 2. The number of hydrogen-bond donors (Lipinski definition) is 0. The van der Waals surface area contributed by atoms with Gasteiger partial charge in [0.05, 0.1) is 11.9 Å². The Morgan fingerprint density at radius 2 is 1.93 bits per heavy atom. The Morgan fingerprint density at radius 3 is 2.50 bits per heavy atom. The molecule has 2 nitrogen and oxygen atoms in total. The number of rotatable bonds is 5. The molecule has 0 spiro atoms. The van der Waals surface area contributed by atoms with E-state index in [1.54, 1.807) is 0 Å². The van der Waals surface area contributed by atoms with E-state index in [0.29, 0.717) is 18.4 Å². The zero-order chi connectivity index (χ0) is 10.4. The van der Waals surface area contributed by atoms with E-state index in [4.69, 9.17) is 4.74 Å². The minimum atomic E-state index is 0.155. The highest BCUT2D eigenvalue weighted by molar-refractivity contribution is 9.10. The standard InChI is InChI=1S/C10H10Br2O2/c11-7-9(13)5-6-14-10-3-1-8(12)2-4-10/h1-4H,5-7H2. The molecule has 0 N–H and O–H groups in total. The number of halogens is 2. The molecule has 0 heterocycles. The molecule has 0 saturated heterocycles. The third kappa shape index (κ3) is 4.24. The molecule has 76 valence electrons. The van der Waals surface area contributed by atoms with Crippen molar-refractivity contribution < 1.29 is 9.53 Å². The van der Waals surface area contributed by atoms with Crippen LogP contribution in [0.5, 0.6) is 5.75 Å². The molecule has 0 amide bonds. The molecular weight excluding hydrogens is 312 g/mol. The summed E-state index contributed by atoms with van der Waals surface area (Å²) in [6.07, 6.45) is 0.446. The summed E-state index contributed by atoms with van der Waals surface area (Å²) in [6, 6.07) is 7.54. The van der Waals surface area contributed by atoms with Gasteiger partial charge >= 0.3 is 0 Å².